The molecule has 2 rings (SSSR count). The molecule has 0 aliphatic heterocycles. The van der Waals surface area contributed by atoms with Crippen molar-refractivity contribution in [1.29, 1.82) is 0 Å². The molecule has 8 heteroatoms. The fourth-order valence-corrected chi connectivity index (χ4v) is 3.75. The van der Waals surface area contributed by atoms with Gasteiger partial charge in [-0.15, -0.1) is 0 Å². The average molecular weight is 330 g/mol. The van der Waals surface area contributed by atoms with E-state index in [2.05, 4.69) is 11.3 Å². The van der Waals surface area contributed by atoms with Gasteiger partial charge in [-0.05, 0) is 38.0 Å². The second-order valence-corrected chi connectivity index (χ2v) is 6.18. The standard InChI is InChI=1S/C14H16F6O2/c1-7(2)11(21)22-12(13(15,16)17,14(18,19)20)10-6-8-3-4-9(10)5-8/h8-10H,1,3-6H2,2H3. The first-order valence-corrected chi connectivity index (χ1v) is 6.92. The molecule has 2 bridgehead atoms. The molecular weight excluding hydrogens is 314 g/mol. The minimum absolute atomic E-state index is 0.164. The van der Waals surface area contributed by atoms with Crippen LogP contribution in [0.15, 0.2) is 12.2 Å². The van der Waals surface area contributed by atoms with Crippen LogP contribution in [-0.4, -0.2) is 23.9 Å². The van der Waals surface area contributed by atoms with Crippen LogP contribution in [0, 0.1) is 17.8 Å². The van der Waals surface area contributed by atoms with Crippen molar-refractivity contribution in [2.24, 2.45) is 17.8 Å². The average Bonchev–Trinajstić information content (AvgIpc) is 2.94. The first kappa shape index (κ1) is 17.1. The van der Waals surface area contributed by atoms with Crippen LogP contribution in [0.1, 0.15) is 32.6 Å². The SMILES string of the molecule is C=C(C)C(=O)OC(C1CC2CCC1C2)(C(F)(F)F)C(F)(F)F. The highest BCUT2D eigenvalue weighted by Crippen LogP contribution is 2.61. The van der Waals surface area contributed by atoms with E-state index in [1.807, 2.05) is 0 Å². The Bertz CT molecular complexity index is 465. The maximum Gasteiger partial charge on any atom is 0.437 e. The lowest BCUT2D eigenvalue weighted by molar-refractivity contribution is -0.388. The molecule has 2 nitrogen and oxygen atoms in total. The highest BCUT2D eigenvalue weighted by Gasteiger charge is 2.79. The van der Waals surface area contributed by atoms with Crippen molar-refractivity contribution in [3.8, 4) is 0 Å². The van der Waals surface area contributed by atoms with Crippen LogP contribution < -0.4 is 0 Å². The summed E-state index contributed by atoms with van der Waals surface area (Å²) in [5, 5.41) is 0. The zero-order chi connectivity index (χ0) is 16.9. The Hall–Kier alpha value is -1.21. The number of carbonyl (C=O) groups excluding carboxylic acids is 1. The highest BCUT2D eigenvalue weighted by atomic mass is 19.4. The van der Waals surface area contributed by atoms with Gasteiger partial charge in [-0.3, -0.25) is 0 Å². The number of rotatable bonds is 3. The summed E-state index contributed by atoms with van der Waals surface area (Å²) in [6.45, 7) is 4.08. The number of ether oxygens (including phenoxy) is 1. The van der Waals surface area contributed by atoms with E-state index in [1.54, 1.807) is 0 Å². The van der Waals surface area contributed by atoms with Gasteiger partial charge < -0.3 is 4.74 Å². The second kappa shape index (κ2) is 5.16. The van der Waals surface area contributed by atoms with Gasteiger partial charge in [-0.25, -0.2) is 4.79 Å². The molecule has 2 aliphatic carbocycles. The zero-order valence-corrected chi connectivity index (χ0v) is 11.9. The molecule has 0 heterocycles. The number of fused-ring (bicyclic) bond motifs is 2. The smallest absolute Gasteiger partial charge is 0.436 e. The Balaban J connectivity index is 2.51. The molecular formula is C14H16F6O2. The lowest BCUT2D eigenvalue weighted by Gasteiger charge is -2.43. The van der Waals surface area contributed by atoms with Crippen molar-refractivity contribution >= 4 is 5.97 Å². The van der Waals surface area contributed by atoms with E-state index in [0.29, 0.717) is 19.3 Å². The molecule has 0 spiro atoms. The summed E-state index contributed by atoms with van der Waals surface area (Å²) in [6.07, 6.45) is -10.4. The molecule has 2 saturated carbocycles. The Morgan fingerprint density at radius 1 is 1.05 bits per heavy atom. The Kier molecular flexibility index (Phi) is 4.02. The molecule has 126 valence electrons. The zero-order valence-electron chi connectivity index (χ0n) is 11.9. The number of alkyl halides is 6. The summed E-state index contributed by atoms with van der Waals surface area (Å²) in [7, 11) is 0. The third kappa shape index (κ3) is 2.50. The van der Waals surface area contributed by atoms with Gasteiger partial charge in [-0.1, -0.05) is 13.0 Å². The number of esters is 1. The number of hydrogen-bond donors (Lipinski definition) is 0. The first-order valence-electron chi connectivity index (χ1n) is 6.92. The summed E-state index contributed by atoms with van der Waals surface area (Å²) in [4.78, 5) is 11.5. The van der Waals surface area contributed by atoms with Crippen molar-refractivity contribution in [2.75, 3.05) is 0 Å². The van der Waals surface area contributed by atoms with E-state index in [9.17, 15) is 31.1 Å². The summed E-state index contributed by atoms with van der Waals surface area (Å²) in [6, 6.07) is 0. The molecule has 0 amide bonds. The van der Waals surface area contributed by atoms with E-state index < -0.39 is 41.3 Å². The monoisotopic (exact) mass is 330 g/mol. The van der Waals surface area contributed by atoms with Crippen LogP contribution in [0.4, 0.5) is 26.3 Å². The minimum atomic E-state index is -5.73. The van der Waals surface area contributed by atoms with E-state index >= 15 is 0 Å². The predicted octanol–water partition coefficient (Wildman–Crippen LogP) is 4.41. The number of carbonyl (C=O) groups is 1. The van der Waals surface area contributed by atoms with Gasteiger partial charge in [0.15, 0.2) is 0 Å². The Labute approximate surface area is 123 Å². The van der Waals surface area contributed by atoms with Gasteiger partial charge in [0.25, 0.3) is 0 Å². The normalized spacial score (nSPS) is 28.8. The van der Waals surface area contributed by atoms with Crippen LogP contribution in [0.2, 0.25) is 0 Å². The molecule has 0 radical (unpaired) electrons. The molecule has 0 N–H and O–H groups in total. The molecule has 0 aromatic rings. The summed E-state index contributed by atoms with van der Waals surface area (Å²) in [5.41, 5.74) is -4.95. The molecule has 0 aromatic carbocycles. The number of hydrogen-bond acceptors (Lipinski definition) is 2. The third-order valence-corrected chi connectivity index (χ3v) is 4.70. The van der Waals surface area contributed by atoms with Crippen molar-refractivity contribution < 1.29 is 35.9 Å². The predicted molar refractivity (Wildman–Crippen MR) is 64.7 cm³/mol. The van der Waals surface area contributed by atoms with Crippen LogP contribution in [0.3, 0.4) is 0 Å². The van der Waals surface area contributed by atoms with E-state index in [1.165, 1.54) is 0 Å². The largest absolute Gasteiger partial charge is 0.437 e. The van der Waals surface area contributed by atoms with Gasteiger partial charge in [0.1, 0.15) is 0 Å². The molecule has 0 aromatic heterocycles. The summed E-state index contributed by atoms with van der Waals surface area (Å²) >= 11 is 0. The van der Waals surface area contributed by atoms with Crippen molar-refractivity contribution in [1.82, 2.24) is 0 Å². The number of halogens is 6. The van der Waals surface area contributed by atoms with Crippen LogP contribution in [-0.2, 0) is 9.53 Å². The highest BCUT2D eigenvalue weighted by molar-refractivity contribution is 5.87. The molecule has 2 fully saturated rings. The van der Waals surface area contributed by atoms with Gasteiger partial charge in [0.05, 0.1) is 0 Å². The van der Waals surface area contributed by atoms with Crippen molar-refractivity contribution in [3.63, 3.8) is 0 Å². The Morgan fingerprint density at radius 2 is 1.59 bits per heavy atom. The topological polar surface area (TPSA) is 26.3 Å². The molecule has 3 unspecified atom stereocenters. The van der Waals surface area contributed by atoms with E-state index in [0.717, 1.165) is 6.92 Å². The van der Waals surface area contributed by atoms with Crippen molar-refractivity contribution in [2.45, 2.75) is 50.6 Å². The maximum absolute atomic E-state index is 13.4. The second-order valence-electron chi connectivity index (χ2n) is 6.18. The molecule has 3 atom stereocenters. The fraction of sp³-hybridized carbons (Fsp3) is 0.786. The molecule has 2 aliphatic rings. The Morgan fingerprint density at radius 3 is 1.91 bits per heavy atom. The third-order valence-electron chi connectivity index (χ3n) is 4.70. The lowest BCUT2D eigenvalue weighted by atomic mass is 9.75. The summed E-state index contributed by atoms with van der Waals surface area (Å²) < 4.78 is 84.7. The van der Waals surface area contributed by atoms with Gasteiger partial charge in [-0.2, -0.15) is 26.3 Å². The van der Waals surface area contributed by atoms with E-state index in [4.69, 9.17) is 0 Å². The van der Waals surface area contributed by atoms with Crippen LogP contribution >= 0.6 is 0 Å². The van der Waals surface area contributed by atoms with Crippen LogP contribution in [0.25, 0.3) is 0 Å². The van der Waals surface area contributed by atoms with Gasteiger partial charge in [0.2, 0.25) is 0 Å². The van der Waals surface area contributed by atoms with Crippen molar-refractivity contribution in [3.05, 3.63) is 12.2 Å². The van der Waals surface area contributed by atoms with Gasteiger partial charge >= 0.3 is 23.9 Å². The molecule has 0 saturated heterocycles. The molecule has 22 heavy (non-hydrogen) atoms. The van der Waals surface area contributed by atoms with E-state index in [-0.39, 0.29) is 12.3 Å². The van der Waals surface area contributed by atoms with Gasteiger partial charge in [0, 0.05) is 11.5 Å². The van der Waals surface area contributed by atoms with Crippen LogP contribution in [0.5, 0.6) is 0 Å². The first-order chi connectivity index (χ1) is 9.90. The quantitative estimate of drug-likeness (QED) is 0.435. The maximum atomic E-state index is 13.4. The summed E-state index contributed by atoms with van der Waals surface area (Å²) in [5.74, 6) is -4.35. The fourth-order valence-electron chi connectivity index (χ4n) is 3.75. The lowest BCUT2D eigenvalue weighted by Crippen LogP contribution is -2.65. The minimum Gasteiger partial charge on any atom is -0.436 e.